The molecule has 1 amide bonds. The molecule has 0 spiro atoms. The van der Waals surface area contributed by atoms with Crippen LogP contribution >= 0.6 is 11.6 Å². The fourth-order valence-electron chi connectivity index (χ4n) is 2.85. The number of likely N-dealkylation sites (tertiary alicyclic amines) is 1. The van der Waals surface area contributed by atoms with Crippen molar-refractivity contribution >= 4 is 28.4 Å². The summed E-state index contributed by atoms with van der Waals surface area (Å²) in [5, 5.41) is 5.26. The third kappa shape index (κ3) is 3.39. The quantitative estimate of drug-likeness (QED) is 0.835. The Labute approximate surface area is 129 Å². The molecule has 1 aliphatic heterocycles. The summed E-state index contributed by atoms with van der Waals surface area (Å²) in [6.45, 7) is 3.34. The number of aromatic amines is 1. The molecule has 3 rings (SSSR count). The van der Waals surface area contributed by atoms with Gasteiger partial charge >= 0.3 is 0 Å². The Morgan fingerprint density at radius 1 is 1.33 bits per heavy atom. The van der Waals surface area contributed by atoms with Gasteiger partial charge in [0.05, 0.1) is 0 Å². The van der Waals surface area contributed by atoms with E-state index < -0.39 is 0 Å². The number of benzene rings is 1. The summed E-state index contributed by atoms with van der Waals surface area (Å²) in [6.07, 6.45) is 4.87. The topological polar surface area (TPSA) is 48.1 Å². The minimum Gasteiger partial charge on any atom is -0.361 e. The molecule has 5 heteroatoms. The van der Waals surface area contributed by atoms with Crippen LogP contribution < -0.4 is 5.32 Å². The van der Waals surface area contributed by atoms with E-state index in [1.54, 1.807) is 0 Å². The molecule has 0 unspecified atom stereocenters. The fraction of sp³-hybridized carbons (Fsp3) is 0.438. The monoisotopic (exact) mass is 305 g/mol. The maximum absolute atomic E-state index is 11.9. The molecule has 2 N–H and O–H groups in total. The van der Waals surface area contributed by atoms with E-state index in [1.165, 1.54) is 10.9 Å². The number of nitrogens with one attached hydrogen (secondary N) is 2. The van der Waals surface area contributed by atoms with Gasteiger partial charge in [-0.3, -0.25) is 4.79 Å². The van der Waals surface area contributed by atoms with Crippen LogP contribution in [0.2, 0.25) is 5.02 Å². The molecule has 2 aromatic rings. The van der Waals surface area contributed by atoms with Crippen molar-refractivity contribution in [2.24, 2.45) is 0 Å². The summed E-state index contributed by atoms with van der Waals surface area (Å²) in [7, 11) is 0. The number of rotatable bonds is 5. The first-order valence-corrected chi connectivity index (χ1v) is 7.86. The number of hydrogen-bond acceptors (Lipinski definition) is 2. The van der Waals surface area contributed by atoms with Crippen LogP contribution in [0.5, 0.6) is 0 Å². The molecule has 1 aliphatic rings. The summed E-state index contributed by atoms with van der Waals surface area (Å²) in [5.41, 5.74) is 2.25. The first-order valence-electron chi connectivity index (χ1n) is 7.48. The molecular weight excluding hydrogens is 286 g/mol. The van der Waals surface area contributed by atoms with Crippen molar-refractivity contribution in [3.05, 3.63) is 35.0 Å². The van der Waals surface area contributed by atoms with E-state index in [0.717, 1.165) is 49.6 Å². The van der Waals surface area contributed by atoms with Gasteiger partial charge in [0.1, 0.15) is 0 Å². The molecule has 0 atom stereocenters. The number of H-pyrrole nitrogens is 1. The highest BCUT2D eigenvalue weighted by Gasteiger charge is 2.16. The largest absolute Gasteiger partial charge is 0.361 e. The number of hydrogen-bond donors (Lipinski definition) is 2. The zero-order chi connectivity index (χ0) is 14.7. The zero-order valence-electron chi connectivity index (χ0n) is 12.0. The standard InChI is InChI=1S/C16H20ClN3O/c17-13-3-4-14-12(11-19-15(14)9-13)10-18-6-5-16(21)20-7-1-2-8-20/h3-4,9,11,18-19H,1-2,5-8,10H2. The lowest BCUT2D eigenvalue weighted by Gasteiger charge is -2.15. The summed E-state index contributed by atoms with van der Waals surface area (Å²) in [6, 6.07) is 5.86. The highest BCUT2D eigenvalue weighted by molar-refractivity contribution is 6.31. The van der Waals surface area contributed by atoms with Crippen LogP contribution in [-0.2, 0) is 11.3 Å². The molecule has 1 saturated heterocycles. The normalized spacial score (nSPS) is 15.0. The molecule has 4 nitrogen and oxygen atoms in total. The second-order valence-corrected chi connectivity index (χ2v) is 5.95. The maximum atomic E-state index is 11.9. The lowest BCUT2D eigenvalue weighted by Crippen LogP contribution is -2.30. The smallest absolute Gasteiger partial charge is 0.223 e. The van der Waals surface area contributed by atoms with Crippen LogP contribution in [0.25, 0.3) is 10.9 Å². The average Bonchev–Trinajstić information content (AvgIpc) is 3.13. The number of halogens is 1. The van der Waals surface area contributed by atoms with E-state index in [9.17, 15) is 4.79 Å². The molecule has 2 heterocycles. The Bertz CT molecular complexity index is 631. The summed E-state index contributed by atoms with van der Waals surface area (Å²) >= 11 is 5.97. The minimum absolute atomic E-state index is 0.269. The first kappa shape index (κ1) is 14.4. The highest BCUT2D eigenvalue weighted by atomic mass is 35.5. The molecule has 1 aromatic carbocycles. The number of aromatic nitrogens is 1. The van der Waals surface area contributed by atoms with Crippen LogP contribution in [0.15, 0.2) is 24.4 Å². The number of carbonyl (C=O) groups excluding carboxylic acids is 1. The number of carbonyl (C=O) groups is 1. The van der Waals surface area contributed by atoms with E-state index in [1.807, 2.05) is 29.3 Å². The van der Waals surface area contributed by atoms with Gasteiger partial charge < -0.3 is 15.2 Å². The summed E-state index contributed by atoms with van der Waals surface area (Å²) in [4.78, 5) is 17.1. The molecule has 0 aliphatic carbocycles. The second kappa shape index (κ2) is 6.50. The Kier molecular flexibility index (Phi) is 4.46. The van der Waals surface area contributed by atoms with Crippen molar-refractivity contribution in [3.8, 4) is 0 Å². The minimum atomic E-state index is 0.269. The predicted molar refractivity (Wildman–Crippen MR) is 85.4 cm³/mol. The van der Waals surface area contributed by atoms with Crippen molar-refractivity contribution in [3.63, 3.8) is 0 Å². The van der Waals surface area contributed by atoms with Gasteiger partial charge in [0.15, 0.2) is 0 Å². The Balaban J connectivity index is 1.49. The SMILES string of the molecule is O=C(CCNCc1c[nH]c2cc(Cl)ccc12)N1CCCC1. The molecule has 0 radical (unpaired) electrons. The van der Waals surface area contributed by atoms with Gasteiger partial charge in [-0.05, 0) is 30.5 Å². The molecule has 0 saturated carbocycles. The van der Waals surface area contributed by atoms with Gasteiger partial charge in [0.2, 0.25) is 5.91 Å². The molecule has 1 aromatic heterocycles. The van der Waals surface area contributed by atoms with Gasteiger partial charge in [-0.15, -0.1) is 0 Å². The molecule has 0 bridgehead atoms. The van der Waals surface area contributed by atoms with Gasteiger partial charge in [0, 0.05) is 54.7 Å². The highest BCUT2D eigenvalue weighted by Crippen LogP contribution is 2.21. The number of fused-ring (bicyclic) bond motifs is 1. The van der Waals surface area contributed by atoms with Crippen LogP contribution in [0, 0.1) is 0 Å². The molecular formula is C16H20ClN3O. The average molecular weight is 306 g/mol. The van der Waals surface area contributed by atoms with Crippen LogP contribution in [0.1, 0.15) is 24.8 Å². The van der Waals surface area contributed by atoms with Gasteiger partial charge in [-0.1, -0.05) is 17.7 Å². The lowest BCUT2D eigenvalue weighted by atomic mass is 10.2. The van der Waals surface area contributed by atoms with Crippen LogP contribution in [-0.4, -0.2) is 35.4 Å². The molecule has 21 heavy (non-hydrogen) atoms. The van der Waals surface area contributed by atoms with E-state index in [2.05, 4.69) is 10.3 Å². The van der Waals surface area contributed by atoms with Crippen molar-refractivity contribution in [1.82, 2.24) is 15.2 Å². The van der Waals surface area contributed by atoms with E-state index in [4.69, 9.17) is 11.6 Å². The van der Waals surface area contributed by atoms with Crippen molar-refractivity contribution in [2.45, 2.75) is 25.8 Å². The first-order chi connectivity index (χ1) is 10.2. The summed E-state index contributed by atoms with van der Waals surface area (Å²) in [5.74, 6) is 0.269. The Hall–Kier alpha value is -1.52. The summed E-state index contributed by atoms with van der Waals surface area (Å²) < 4.78 is 0. The van der Waals surface area contributed by atoms with Gasteiger partial charge in [-0.25, -0.2) is 0 Å². The van der Waals surface area contributed by atoms with Crippen molar-refractivity contribution in [2.75, 3.05) is 19.6 Å². The molecule has 1 fully saturated rings. The van der Waals surface area contributed by atoms with Crippen LogP contribution in [0.3, 0.4) is 0 Å². The second-order valence-electron chi connectivity index (χ2n) is 5.52. The zero-order valence-corrected chi connectivity index (χ0v) is 12.7. The third-order valence-electron chi connectivity index (χ3n) is 4.02. The van der Waals surface area contributed by atoms with E-state index >= 15 is 0 Å². The Morgan fingerprint density at radius 3 is 2.95 bits per heavy atom. The van der Waals surface area contributed by atoms with E-state index in [0.29, 0.717) is 6.42 Å². The predicted octanol–water partition coefficient (Wildman–Crippen LogP) is 2.92. The van der Waals surface area contributed by atoms with Crippen molar-refractivity contribution in [1.29, 1.82) is 0 Å². The van der Waals surface area contributed by atoms with Crippen molar-refractivity contribution < 1.29 is 4.79 Å². The lowest BCUT2D eigenvalue weighted by molar-refractivity contribution is -0.130. The Morgan fingerprint density at radius 2 is 2.14 bits per heavy atom. The maximum Gasteiger partial charge on any atom is 0.223 e. The van der Waals surface area contributed by atoms with Crippen LogP contribution in [0.4, 0.5) is 0 Å². The fourth-order valence-corrected chi connectivity index (χ4v) is 3.02. The molecule has 112 valence electrons. The van der Waals surface area contributed by atoms with E-state index in [-0.39, 0.29) is 5.91 Å². The number of amides is 1. The van der Waals surface area contributed by atoms with Gasteiger partial charge in [-0.2, -0.15) is 0 Å². The third-order valence-corrected chi connectivity index (χ3v) is 4.25. The van der Waals surface area contributed by atoms with Gasteiger partial charge in [0.25, 0.3) is 0 Å². The number of nitrogens with zero attached hydrogens (tertiary/aromatic N) is 1.